The minimum Gasteiger partial charge on any atom is -0.352 e. The third-order valence-corrected chi connectivity index (χ3v) is 7.60. The zero-order valence-electron chi connectivity index (χ0n) is 17.7. The highest BCUT2D eigenvalue weighted by Crippen LogP contribution is 2.54. The highest BCUT2D eigenvalue weighted by Gasteiger charge is 2.55. The van der Waals surface area contributed by atoms with Crippen LogP contribution in [0.15, 0.2) is 41.8 Å². The minimum atomic E-state index is 0.132. The Hall–Kier alpha value is -1.79. The van der Waals surface area contributed by atoms with Crippen LogP contribution < -0.4 is 5.32 Å². The van der Waals surface area contributed by atoms with Gasteiger partial charge in [0.05, 0.1) is 5.75 Å². The molecule has 1 saturated heterocycles. The second-order valence-electron chi connectivity index (χ2n) is 8.97. The normalized spacial score (nSPS) is 20.9. The number of piperidine rings is 1. The Kier molecular flexibility index (Phi) is 6.02. The van der Waals surface area contributed by atoms with Crippen molar-refractivity contribution in [2.24, 2.45) is 12.5 Å². The van der Waals surface area contributed by atoms with Crippen LogP contribution in [0.4, 0.5) is 0 Å². The van der Waals surface area contributed by atoms with E-state index in [0.717, 1.165) is 31.2 Å². The molecule has 0 radical (unpaired) electrons. The van der Waals surface area contributed by atoms with Crippen molar-refractivity contribution in [1.29, 1.82) is 0 Å². The summed E-state index contributed by atoms with van der Waals surface area (Å²) in [6, 6.07) is 9.45. The molecule has 1 atom stereocenters. The number of likely N-dealkylation sites (tertiary alicyclic amines) is 1. The predicted octanol–water partition coefficient (Wildman–Crippen LogP) is 3.81. The van der Waals surface area contributed by atoms with Crippen LogP contribution in [0.2, 0.25) is 0 Å². The Morgan fingerprint density at radius 1 is 1.28 bits per heavy atom. The van der Waals surface area contributed by atoms with Crippen LogP contribution in [0.1, 0.15) is 50.2 Å². The van der Waals surface area contributed by atoms with E-state index in [1.165, 1.54) is 35.7 Å². The molecular weight excluding hydrogens is 380 g/mol. The molecule has 4 rings (SSSR count). The molecule has 156 valence electrons. The molecule has 2 aliphatic rings. The molecule has 1 saturated carbocycles. The molecule has 1 unspecified atom stereocenters. The molecular formula is C23H32N4OS. The molecule has 1 spiro atoms. The van der Waals surface area contributed by atoms with E-state index in [1.807, 2.05) is 17.8 Å². The third-order valence-electron chi connectivity index (χ3n) is 6.54. The second kappa shape index (κ2) is 8.52. The first kappa shape index (κ1) is 20.5. The van der Waals surface area contributed by atoms with Crippen molar-refractivity contribution >= 4 is 17.7 Å². The molecule has 6 heteroatoms. The first-order valence-electron chi connectivity index (χ1n) is 10.7. The van der Waals surface area contributed by atoms with Gasteiger partial charge in [-0.15, -0.1) is 0 Å². The minimum absolute atomic E-state index is 0.132. The topological polar surface area (TPSA) is 50.2 Å². The Morgan fingerprint density at radius 2 is 2.00 bits per heavy atom. The molecule has 1 aliphatic carbocycles. The number of rotatable bonds is 7. The Bertz CT molecular complexity index is 837. The largest absolute Gasteiger partial charge is 0.352 e. The van der Waals surface area contributed by atoms with Crippen molar-refractivity contribution in [2.45, 2.75) is 56.8 Å². The zero-order chi connectivity index (χ0) is 20.4. The fourth-order valence-electron chi connectivity index (χ4n) is 4.38. The number of nitrogens with one attached hydrogen (secondary N) is 1. The molecule has 0 bridgehead atoms. The van der Waals surface area contributed by atoms with Gasteiger partial charge in [-0.2, -0.15) is 0 Å². The van der Waals surface area contributed by atoms with Crippen molar-refractivity contribution in [1.82, 2.24) is 19.8 Å². The van der Waals surface area contributed by atoms with Gasteiger partial charge in [0, 0.05) is 32.0 Å². The Labute approximate surface area is 178 Å². The number of thioether (sulfide) groups is 1. The van der Waals surface area contributed by atoms with Crippen molar-refractivity contribution in [2.75, 3.05) is 18.8 Å². The van der Waals surface area contributed by atoms with E-state index < -0.39 is 0 Å². The van der Waals surface area contributed by atoms with Gasteiger partial charge in [-0.3, -0.25) is 9.69 Å². The Balaban J connectivity index is 1.20. The molecule has 2 heterocycles. The first-order chi connectivity index (χ1) is 13.9. The molecule has 2 fully saturated rings. The molecule has 5 nitrogen and oxygen atoms in total. The second-order valence-corrected chi connectivity index (χ2v) is 9.91. The number of aryl methyl sites for hydroxylation is 1. The summed E-state index contributed by atoms with van der Waals surface area (Å²) in [6.45, 7) is 7.76. The summed E-state index contributed by atoms with van der Waals surface area (Å²) in [4.78, 5) is 19.1. The maximum atomic E-state index is 12.3. The van der Waals surface area contributed by atoms with Crippen molar-refractivity contribution in [3.63, 3.8) is 0 Å². The summed E-state index contributed by atoms with van der Waals surface area (Å²) in [5.74, 6) is 1.16. The lowest BCUT2D eigenvalue weighted by Crippen LogP contribution is -2.38. The fraction of sp³-hybridized carbons (Fsp3) is 0.565. The number of hydrogen-bond donors (Lipinski definition) is 1. The third kappa shape index (κ3) is 4.86. The van der Waals surface area contributed by atoms with Crippen molar-refractivity contribution < 1.29 is 4.79 Å². The van der Waals surface area contributed by atoms with E-state index in [4.69, 9.17) is 0 Å². The van der Waals surface area contributed by atoms with Crippen LogP contribution >= 0.6 is 11.8 Å². The summed E-state index contributed by atoms with van der Waals surface area (Å²) < 4.78 is 1.95. The number of carbonyl (C=O) groups excluding carboxylic acids is 1. The number of carbonyl (C=O) groups is 1. The van der Waals surface area contributed by atoms with Gasteiger partial charge in [-0.25, -0.2) is 4.98 Å². The van der Waals surface area contributed by atoms with Crippen LogP contribution in [-0.2, 0) is 18.4 Å². The summed E-state index contributed by atoms with van der Waals surface area (Å²) in [7, 11) is 1.95. The number of nitrogens with zero attached hydrogens (tertiary/aromatic N) is 3. The lowest BCUT2D eigenvalue weighted by atomic mass is 9.92. The maximum absolute atomic E-state index is 12.3. The van der Waals surface area contributed by atoms with E-state index in [2.05, 4.69) is 53.3 Å². The lowest BCUT2D eigenvalue weighted by Gasteiger charge is -2.33. The highest BCUT2D eigenvalue weighted by atomic mass is 32.2. The van der Waals surface area contributed by atoms with Crippen LogP contribution in [0.3, 0.4) is 0 Å². The van der Waals surface area contributed by atoms with Crippen molar-refractivity contribution in [3.05, 3.63) is 47.8 Å². The quantitative estimate of drug-likeness (QED) is 0.703. The molecule has 1 aliphatic heterocycles. The summed E-state index contributed by atoms with van der Waals surface area (Å²) >= 11 is 1.50. The Morgan fingerprint density at radius 3 is 2.62 bits per heavy atom. The monoisotopic (exact) mass is 412 g/mol. The molecule has 29 heavy (non-hydrogen) atoms. The molecule has 1 N–H and O–H groups in total. The van der Waals surface area contributed by atoms with Crippen LogP contribution in [0.25, 0.3) is 0 Å². The number of imidazole rings is 1. The van der Waals surface area contributed by atoms with Gasteiger partial charge in [0.1, 0.15) is 0 Å². The van der Waals surface area contributed by atoms with Crippen LogP contribution in [-0.4, -0.2) is 45.2 Å². The van der Waals surface area contributed by atoms with E-state index in [9.17, 15) is 4.79 Å². The van der Waals surface area contributed by atoms with Gasteiger partial charge in [0.15, 0.2) is 5.16 Å². The summed E-state index contributed by atoms with van der Waals surface area (Å²) in [5.41, 5.74) is 3.16. The fourth-order valence-corrected chi connectivity index (χ4v) is 5.13. The van der Waals surface area contributed by atoms with E-state index >= 15 is 0 Å². The molecule has 2 aromatic rings. The van der Waals surface area contributed by atoms with Gasteiger partial charge in [-0.05, 0) is 54.8 Å². The summed E-state index contributed by atoms with van der Waals surface area (Å²) in [6.07, 6.45) is 7.19. The number of hydrogen-bond acceptors (Lipinski definition) is 4. The molecule has 1 amide bonds. The highest BCUT2D eigenvalue weighted by molar-refractivity contribution is 7.99. The molecule has 1 aromatic carbocycles. The van der Waals surface area contributed by atoms with Crippen LogP contribution in [0, 0.1) is 5.41 Å². The standard InChI is InChI=1S/C23H32N4OS/c1-17(2)19-6-4-18(5-7-19)15-27-11-8-23(9-12-27)14-20(23)25-21(28)16-29-22-24-10-13-26(22)3/h4-7,10,13,17,20H,8-9,11-12,14-16H2,1-3H3,(H,25,28). The van der Waals surface area contributed by atoms with Gasteiger partial charge >= 0.3 is 0 Å². The number of aromatic nitrogens is 2. The van der Waals surface area contributed by atoms with E-state index in [1.54, 1.807) is 6.20 Å². The zero-order valence-corrected chi connectivity index (χ0v) is 18.5. The number of benzene rings is 1. The van der Waals surface area contributed by atoms with Gasteiger partial charge < -0.3 is 9.88 Å². The van der Waals surface area contributed by atoms with Gasteiger partial charge in [0.2, 0.25) is 5.91 Å². The summed E-state index contributed by atoms with van der Waals surface area (Å²) in [5, 5.41) is 4.15. The number of amides is 1. The maximum Gasteiger partial charge on any atom is 0.230 e. The SMILES string of the molecule is CC(C)c1ccc(CN2CCC3(CC2)CC3NC(=O)CSc2nccn2C)cc1. The lowest BCUT2D eigenvalue weighted by molar-refractivity contribution is -0.118. The van der Waals surface area contributed by atoms with E-state index in [0.29, 0.717) is 23.1 Å². The van der Waals surface area contributed by atoms with E-state index in [-0.39, 0.29) is 5.91 Å². The predicted molar refractivity (Wildman–Crippen MR) is 118 cm³/mol. The molecule has 1 aromatic heterocycles. The van der Waals surface area contributed by atoms with Crippen LogP contribution in [0.5, 0.6) is 0 Å². The first-order valence-corrected chi connectivity index (χ1v) is 11.6. The smallest absolute Gasteiger partial charge is 0.230 e. The van der Waals surface area contributed by atoms with Gasteiger partial charge in [0.25, 0.3) is 0 Å². The average molecular weight is 413 g/mol. The van der Waals surface area contributed by atoms with Crippen molar-refractivity contribution in [3.8, 4) is 0 Å². The average Bonchev–Trinajstić information content (AvgIpc) is 3.18. The van der Waals surface area contributed by atoms with Gasteiger partial charge in [-0.1, -0.05) is 49.9 Å².